The lowest BCUT2D eigenvalue weighted by Crippen LogP contribution is -2.38. The molecule has 0 amide bonds. The minimum atomic E-state index is 0.483. The first kappa shape index (κ1) is 14.5. The molecule has 110 valence electrons. The summed E-state index contributed by atoms with van der Waals surface area (Å²) in [6.45, 7) is 0.499. The van der Waals surface area contributed by atoms with Crippen LogP contribution in [0.15, 0.2) is 23.2 Å². The molecule has 0 heterocycles. The van der Waals surface area contributed by atoms with Crippen molar-refractivity contribution in [2.24, 2.45) is 10.7 Å². The van der Waals surface area contributed by atoms with Gasteiger partial charge in [0.2, 0.25) is 0 Å². The maximum Gasteiger partial charge on any atom is 0.189 e. The summed E-state index contributed by atoms with van der Waals surface area (Å²) in [5.41, 5.74) is 6.91. The van der Waals surface area contributed by atoms with Gasteiger partial charge in [-0.05, 0) is 25.0 Å². The van der Waals surface area contributed by atoms with E-state index in [9.17, 15) is 0 Å². The number of rotatable bonds is 5. The van der Waals surface area contributed by atoms with Crippen LogP contribution in [0.5, 0.6) is 11.5 Å². The van der Waals surface area contributed by atoms with E-state index in [0.717, 1.165) is 17.1 Å². The van der Waals surface area contributed by atoms with E-state index in [0.29, 0.717) is 18.5 Å². The van der Waals surface area contributed by atoms with Gasteiger partial charge in [0.05, 0.1) is 20.8 Å². The molecule has 1 fully saturated rings. The Balaban J connectivity index is 1.98. The van der Waals surface area contributed by atoms with Crippen molar-refractivity contribution in [3.05, 3.63) is 23.8 Å². The summed E-state index contributed by atoms with van der Waals surface area (Å²) >= 11 is 0. The molecule has 0 saturated heterocycles. The monoisotopic (exact) mass is 277 g/mol. The van der Waals surface area contributed by atoms with E-state index in [2.05, 4.69) is 10.3 Å². The van der Waals surface area contributed by atoms with E-state index < -0.39 is 0 Å². The zero-order chi connectivity index (χ0) is 14.4. The summed E-state index contributed by atoms with van der Waals surface area (Å²) in [5.74, 6) is 2.04. The molecule has 1 aromatic rings. The number of aliphatic imine (C=N–C) groups is 1. The van der Waals surface area contributed by atoms with Gasteiger partial charge < -0.3 is 20.5 Å². The number of ether oxygens (including phenoxy) is 2. The molecule has 0 unspecified atom stereocenters. The first-order valence-electron chi connectivity index (χ1n) is 7.00. The van der Waals surface area contributed by atoms with Crippen molar-refractivity contribution < 1.29 is 9.47 Å². The van der Waals surface area contributed by atoms with Gasteiger partial charge in [0.1, 0.15) is 11.5 Å². The maximum absolute atomic E-state index is 5.92. The number of nitrogens with zero attached hydrogens (tertiary/aromatic N) is 1. The number of hydrogen-bond donors (Lipinski definition) is 2. The van der Waals surface area contributed by atoms with E-state index in [1.54, 1.807) is 14.2 Å². The van der Waals surface area contributed by atoms with Gasteiger partial charge in [-0.2, -0.15) is 0 Å². The van der Waals surface area contributed by atoms with Gasteiger partial charge in [-0.3, -0.25) is 0 Å². The molecule has 0 spiro atoms. The second-order valence-corrected chi connectivity index (χ2v) is 5.00. The number of methoxy groups -OCH3 is 2. The number of nitrogens with one attached hydrogen (secondary N) is 1. The largest absolute Gasteiger partial charge is 0.497 e. The van der Waals surface area contributed by atoms with E-state index in [1.807, 2.05) is 18.2 Å². The molecule has 1 aliphatic carbocycles. The average Bonchev–Trinajstić information content (AvgIpc) is 2.97. The molecule has 0 aliphatic heterocycles. The Morgan fingerprint density at radius 2 is 2.05 bits per heavy atom. The molecule has 0 aromatic heterocycles. The summed E-state index contributed by atoms with van der Waals surface area (Å²) in [7, 11) is 3.28. The fraction of sp³-hybridized carbons (Fsp3) is 0.533. The SMILES string of the molecule is COc1ccc(CN=C(N)NC2CCCC2)c(OC)c1. The van der Waals surface area contributed by atoms with Crippen LogP contribution >= 0.6 is 0 Å². The van der Waals surface area contributed by atoms with Gasteiger partial charge in [-0.1, -0.05) is 12.8 Å². The predicted molar refractivity (Wildman–Crippen MR) is 80.3 cm³/mol. The lowest BCUT2D eigenvalue weighted by atomic mass is 10.2. The Morgan fingerprint density at radius 1 is 1.30 bits per heavy atom. The van der Waals surface area contributed by atoms with Crippen molar-refractivity contribution in [1.82, 2.24) is 5.32 Å². The Labute approximate surface area is 120 Å². The molecule has 5 heteroatoms. The molecule has 2 rings (SSSR count). The average molecular weight is 277 g/mol. The number of guanidine groups is 1. The highest BCUT2D eigenvalue weighted by molar-refractivity contribution is 5.78. The normalized spacial score (nSPS) is 16.2. The molecule has 1 saturated carbocycles. The number of benzene rings is 1. The minimum Gasteiger partial charge on any atom is -0.497 e. The van der Waals surface area contributed by atoms with Crippen LogP contribution < -0.4 is 20.5 Å². The van der Waals surface area contributed by atoms with Crippen molar-refractivity contribution in [2.75, 3.05) is 14.2 Å². The maximum atomic E-state index is 5.92. The van der Waals surface area contributed by atoms with Gasteiger partial charge >= 0.3 is 0 Å². The van der Waals surface area contributed by atoms with Crippen LogP contribution in [0.3, 0.4) is 0 Å². The van der Waals surface area contributed by atoms with Gasteiger partial charge in [0, 0.05) is 17.7 Å². The summed E-state index contributed by atoms with van der Waals surface area (Å²) in [6, 6.07) is 6.18. The molecule has 0 radical (unpaired) electrons. The Kier molecular flexibility index (Phi) is 5.09. The van der Waals surface area contributed by atoms with Crippen molar-refractivity contribution in [2.45, 2.75) is 38.3 Å². The summed E-state index contributed by atoms with van der Waals surface area (Å²) in [6.07, 6.45) is 4.92. The molecule has 1 aliphatic rings. The zero-order valence-electron chi connectivity index (χ0n) is 12.2. The fourth-order valence-electron chi connectivity index (χ4n) is 2.48. The van der Waals surface area contributed by atoms with Crippen LogP contribution in [0.4, 0.5) is 0 Å². The molecule has 0 atom stereocenters. The summed E-state index contributed by atoms with van der Waals surface area (Å²) in [4.78, 5) is 4.38. The lowest BCUT2D eigenvalue weighted by molar-refractivity contribution is 0.391. The minimum absolute atomic E-state index is 0.483. The van der Waals surface area contributed by atoms with E-state index in [4.69, 9.17) is 15.2 Å². The lowest BCUT2D eigenvalue weighted by Gasteiger charge is -2.13. The van der Waals surface area contributed by atoms with Crippen molar-refractivity contribution >= 4 is 5.96 Å². The highest BCUT2D eigenvalue weighted by Gasteiger charge is 2.14. The molecule has 1 aromatic carbocycles. The predicted octanol–water partition coefficient (Wildman–Crippen LogP) is 2.05. The van der Waals surface area contributed by atoms with Gasteiger partial charge in [-0.15, -0.1) is 0 Å². The standard InChI is InChI=1S/C15H23N3O2/c1-19-13-8-7-11(14(9-13)20-2)10-17-15(16)18-12-5-3-4-6-12/h7-9,12H,3-6,10H2,1-2H3,(H3,16,17,18). The Hall–Kier alpha value is -1.91. The van der Waals surface area contributed by atoms with Crippen LogP contribution in [-0.2, 0) is 6.54 Å². The zero-order valence-corrected chi connectivity index (χ0v) is 12.2. The summed E-state index contributed by atoms with van der Waals surface area (Å²) in [5, 5.41) is 3.27. The number of hydrogen-bond acceptors (Lipinski definition) is 3. The smallest absolute Gasteiger partial charge is 0.189 e. The third-order valence-corrected chi connectivity index (χ3v) is 3.62. The topological polar surface area (TPSA) is 68.9 Å². The molecular weight excluding hydrogens is 254 g/mol. The van der Waals surface area contributed by atoms with Crippen LogP contribution in [0.1, 0.15) is 31.2 Å². The first-order chi connectivity index (χ1) is 9.72. The van der Waals surface area contributed by atoms with Gasteiger partial charge in [0.15, 0.2) is 5.96 Å². The number of nitrogens with two attached hydrogens (primary N) is 1. The third kappa shape index (κ3) is 3.79. The van der Waals surface area contributed by atoms with Gasteiger partial charge in [0.25, 0.3) is 0 Å². The van der Waals surface area contributed by atoms with Crippen LogP contribution in [-0.4, -0.2) is 26.2 Å². The van der Waals surface area contributed by atoms with Crippen molar-refractivity contribution in [3.8, 4) is 11.5 Å². The fourth-order valence-corrected chi connectivity index (χ4v) is 2.48. The van der Waals surface area contributed by atoms with Crippen molar-refractivity contribution in [3.63, 3.8) is 0 Å². The molecule has 5 nitrogen and oxygen atoms in total. The van der Waals surface area contributed by atoms with E-state index in [-0.39, 0.29) is 0 Å². The highest BCUT2D eigenvalue weighted by atomic mass is 16.5. The second-order valence-electron chi connectivity index (χ2n) is 5.00. The molecular formula is C15H23N3O2. The highest BCUT2D eigenvalue weighted by Crippen LogP contribution is 2.25. The second kappa shape index (κ2) is 7.03. The Morgan fingerprint density at radius 3 is 2.70 bits per heavy atom. The van der Waals surface area contributed by atoms with Crippen LogP contribution in [0, 0.1) is 0 Å². The summed E-state index contributed by atoms with van der Waals surface area (Å²) < 4.78 is 10.5. The third-order valence-electron chi connectivity index (χ3n) is 3.62. The van der Waals surface area contributed by atoms with Crippen LogP contribution in [0.2, 0.25) is 0 Å². The first-order valence-corrected chi connectivity index (χ1v) is 7.00. The Bertz CT molecular complexity index is 468. The molecule has 0 bridgehead atoms. The molecule has 3 N–H and O–H groups in total. The molecule has 20 heavy (non-hydrogen) atoms. The van der Waals surface area contributed by atoms with Crippen LogP contribution in [0.25, 0.3) is 0 Å². The van der Waals surface area contributed by atoms with E-state index >= 15 is 0 Å². The van der Waals surface area contributed by atoms with E-state index in [1.165, 1.54) is 25.7 Å². The van der Waals surface area contributed by atoms with Gasteiger partial charge in [-0.25, -0.2) is 4.99 Å². The van der Waals surface area contributed by atoms with Crippen molar-refractivity contribution in [1.29, 1.82) is 0 Å². The quantitative estimate of drug-likeness (QED) is 0.638.